The summed E-state index contributed by atoms with van der Waals surface area (Å²) in [6.45, 7) is 1.95. The van der Waals surface area contributed by atoms with Gasteiger partial charge in [0, 0.05) is 18.3 Å². The molecule has 1 aromatic rings. The van der Waals surface area contributed by atoms with E-state index in [-0.39, 0.29) is 5.82 Å². The minimum Gasteiger partial charge on any atom is -0.398 e. The standard InChI is InChI=1S/C16H23FN2/c17-14-7-8-15(18)13(10-14)11-19-9-3-6-16(19)12-4-1-2-5-12/h7-8,10,12,16H,1-6,9,11,18H2. The highest BCUT2D eigenvalue weighted by atomic mass is 19.1. The van der Waals surface area contributed by atoms with Crippen LogP contribution in [0.1, 0.15) is 44.1 Å². The average molecular weight is 262 g/mol. The Kier molecular flexibility index (Phi) is 3.74. The van der Waals surface area contributed by atoms with Gasteiger partial charge in [-0.25, -0.2) is 4.39 Å². The molecule has 1 unspecified atom stereocenters. The summed E-state index contributed by atoms with van der Waals surface area (Å²) in [7, 11) is 0. The zero-order valence-electron chi connectivity index (χ0n) is 11.4. The molecule has 0 aromatic heterocycles. The minimum absolute atomic E-state index is 0.180. The molecule has 2 fully saturated rings. The van der Waals surface area contributed by atoms with Gasteiger partial charge in [-0.3, -0.25) is 4.90 Å². The Balaban J connectivity index is 1.72. The van der Waals surface area contributed by atoms with Gasteiger partial charge in [-0.1, -0.05) is 12.8 Å². The highest BCUT2D eigenvalue weighted by molar-refractivity contribution is 5.46. The Labute approximate surface area is 114 Å². The van der Waals surface area contributed by atoms with Crippen molar-refractivity contribution in [2.75, 3.05) is 12.3 Å². The third-order valence-electron chi connectivity index (χ3n) is 4.84. The highest BCUT2D eigenvalue weighted by Crippen LogP contribution is 2.36. The van der Waals surface area contributed by atoms with E-state index in [1.165, 1.54) is 44.6 Å². The fraction of sp³-hybridized carbons (Fsp3) is 0.625. The fourth-order valence-corrected chi connectivity index (χ4v) is 3.85. The van der Waals surface area contributed by atoms with Crippen molar-refractivity contribution in [2.24, 2.45) is 5.92 Å². The zero-order chi connectivity index (χ0) is 13.2. The third kappa shape index (κ3) is 2.76. The van der Waals surface area contributed by atoms with E-state index in [1.807, 2.05) is 0 Å². The molecule has 1 aliphatic heterocycles. The van der Waals surface area contributed by atoms with Gasteiger partial charge in [-0.05, 0) is 61.9 Å². The van der Waals surface area contributed by atoms with E-state index in [9.17, 15) is 4.39 Å². The van der Waals surface area contributed by atoms with Gasteiger partial charge in [0.15, 0.2) is 0 Å². The molecule has 104 valence electrons. The first-order valence-corrected chi connectivity index (χ1v) is 7.52. The Bertz CT molecular complexity index is 440. The van der Waals surface area contributed by atoms with Crippen LogP contribution in [0.3, 0.4) is 0 Å². The van der Waals surface area contributed by atoms with Crippen molar-refractivity contribution in [3.8, 4) is 0 Å². The van der Waals surface area contributed by atoms with Crippen LogP contribution >= 0.6 is 0 Å². The number of anilines is 1. The molecule has 1 saturated heterocycles. The monoisotopic (exact) mass is 262 g/mol. The average Bonchev–Trinajstić information content (AvgIpc) is 3.03. The predicted molar refractivity (Wildman–Crippen MR) is 76.2 cm³/mol. The van der Waals surface area contributed by atoms with Crippen LogP contribution in [-0.2, 0) is 6.54 Å². The van der Waals surface area contributed by atoms with Crippen LogP contribution in [0.25, 0.3) is 0 Å². The number of nitrogen functional groups attached to an aromatic ring is 1. The third-order valence-corrected chi connectivity index (χ3v) is 4.84. The molecule has 3 heteroatoms. The number of likely N-dealkylation sites (tertiary alicyclic amines) is 1. The van der Waals surface area contributed by atoms with Gasteiger partial charge in [0.1, 0.15) is 5.82 Å². The maximum Gasteiger partial charge on any atom is 0.123 e. The number of benzene rings is 1. The maximum absolute atomic E-state index is 13.3. The fourth-order valence-electron chi connectivity index (χ4n) is 3.85. The van der Waals surface area contributed by atoms with E-state index >= 15 is 0 Å². The van der Waals surface area contributed by atoms with Crippen LogP contribution in [0.4, 0.5) is 10.1 Å². The first-order valence-electron chi connectivity index (χ1n) is 7.52. The lowest BCUT2D eigenvalue weighted by atomic mass is 9.95. The highest BCUT2D eigenvalue weighted by Gasteiger charge is 2.33. The quantitative estimate of drug-likeness (QED) is 0.844. The number of hydrogen-bond acceptors (Lipinski definition) is 2. The summed E-state index contributed by atoms with van der Waals surface area (Å²) < 4.78 is 13.3. The Morgan fingerprint density at radius 2 is 1.95 bits per heavy atom. The molecule has 2 N–H and O–H groups in total. The molecule has 0 amide bonds. The van der Waals surface area contributed by atoms with Crippen molar-refractivity contribution in [1.29, 1.82) is 0 Å². The number of nitrogens with two attached hydrogens (primary N) is 1. The SMILES string of the molecule is Nc1ccc(F)cc1CN1CCCC1C1CCCC1. The summed E-state index contributed by atoms with van der Waals surface area (Å²) in [5.74, 6) is 0.679. The van der Waals surface area contributed by atoms with Crippen LogP contribution < -0.4 is 5.73 Å². The van der Waals surface area contributed by atoms with E-state index in [1.54, 1.807) is 12.1 Å². The lowest BCUT2D eigenvalue weighted by Gasteiger charge is -2.29. The normalized spacial score (nSPS) is 25.2. The van der Waals surface area contributed by atoms with Crippen molar-refractivity contribution >= 4 is 5.69 Å². The van der Waals surface area contributed by atoms with Gasteiger partial charge in [-0.15, -0.1) is 0 Å². The number of hydrogen-bond donors (Lipinski definition) is 1. The largest absolute Gasteiger partial charge is 0.398 e. The Morgan fingerprint density at radius 1 is 1.16 bits per heavy atom. The molecule has 2 nitrogen and oxygen atoms in total. The summed E-state index contributed by atoms with van der Waals surface area (Å²) in [6.07, 6.45) is 8.10. The van der Waals surface area contributed by atoms with E-state index < -0.39 is 0 Å². The number of nitrogens with zero attached hydrogens (tertiary/aromatic N) is 1. The number of halogens is 1. The van der Waals surface area contributed by atoms with Crippen molar-refractivity contribution in [3.05, 3.63) is 29.6 Å². The van der Waals surface area contributed by atoms with E-state index in [0.29, 0.717) is 6.04 Å². The Hall–Kier alpha value is -1.09. The molecule has 1 aliphatic carbocycles. The summed E-state index contributed by atoms with van der Waals surface area (Å²) in [5.41, 5.74) is 7.64. The van der Waals surface area contributed by atoms with Crippen LogP contribution in [0.15, 0.2) is 18.2 Å². The summed E-state index contributed by atoms with van der Waals surface area (Å²) in [4.78, 5) is 2.53. The molecule has 1 aromatic carbocycles. The number of rotatable bonds is 3. The van der Waals surface area contributed by atoms with E-state index in [4.69, 9.17) is 5.73 Å². The Morgan fingerprint density at radius 3 is 2.74 bits per heavy atom. The van der Waals surface area contributed by atoms with Crippen molar-refractivity contribution < 1.29 is 4.39 Å². The second-order valence-electron chi connectivity index (χ2n) is 6.07. The van der Waals surface area contributed by atoms with Gasteiger partial charge in [0.05, 0.1) is 0 Å². The lowest BCUT2D eigenvalue weighted by molar-refractivity contribution is 0.183. The second-order valence-corrected chi connectivity index (χ2v) is 6.07. The minimum atomic E-state index is -0.180. The van der Waals surface area contributed by atoms with Crippen LogP contribution in [0.5, 0.6) is 0 Å². The van der Waals surface area contributed by atoms with Gasteiger partial charge in [-0.2, -0.15) is 0 Å². The van der Waals surface area contributed by atoms with Gasteiger partial charge in [0.2, 0.25) is 0 Å². The first-order chi connectivity index (χ1) is 9.24. The predicted octanol–water partition coefficient (Wildman–Crippen LogP) is 3.56. The van der Waals surface area contributed by atoms with Gasteiger partial charge >= 0.3 is 0 Å². The van der Waals surface area contributed by atoms with E-state index in [2.05, 4.69) is 4.90 Å². The maximum atomic E-state index is 13.3. The molecule has 3 rings (SSSR count). The van der Waals surface area contributed by atoms with Crippen molar-refractivity contribution in [2.45, 2.75) is 51.1 Å². The van der Waals surface area contributed by atoms with Gasteiger partial charge in [0.25, 0.3) is 0 Å². The topological polar surface area (TPSA) is 29.3 Å². The molecule has 1 saturated carbocycles. The molecule has 1 atom stereocenters. The smallest absolute Gasteiger partial charge is 0.123 e. The van der Waals surface area contributed by atoms with Crippen LogP contribution in [0.2, 0.25) is 0 Å². The van der Waals surface area contributed by atoms with E-state index in [0.717, 1.165) is 30.3 Å². The first kappa shape index (κ1) is 12.9. The molecule has 0 spiro atoms. The molecule has 1 heterocycles. The van der Waals surface area contributed by atoms with Crippen molar-refractivity contribution in [1.82, 2.24) is 4.90 Å². The van der Waals surface area contributed by atoms with Crippen molar-refractivity contribution in [3.63, 3.8) is 0 Å². The molecule has 0 bridgehead atoms. The molecule has 2 aliphatic rings. The van der Waals surface area contributed by atoms with Gasteiger partial charge < -0.3 is 5.73 Å². The zero-order valence-corrected chi connectivity index (χ0v) is 11.4. The summed E-state index contributed by atoms with van der Waals surface area (Å²) in [5, 5.41) is 0. The summed E-state index contributed by atoms with van der Waals surface area (Å²) >= 11 is 0. The molecule has 19 heavy (non-hydrogen) atoms. The molecule has 0 radical (unpaired) electrons. The molecular formula is C16H23FN2. The lowest BCUT2D eigenvalue weighted by Crippen LogP contribution is -2.34. The van der Waals surface area contributed by atoms with Crippen LogP contribution in [-0.4, -0.2) is 17.5 Å². The van der Waals surface area contributed by atoms with Crippen LogP contribution in [0, 0.1) is 11.7 Å². The molecular weight excluding hydrogens is 239 g/mol. The summed E-state index contributed by atoms with van der Waals surface area (Å²) in [6, 6.07) is 5.42. The second kappa shape index (κ2) is 5.49.